The molecule has 0 aliphatic heterocycles. The van der Waals surface area contributed by atoms with Crippen molar-refractivity contribution in [3.63, 3.8) is 0 Å². The van der Waals surface area contributed by atoms with Crippen molar-refractivity contribution in [2.75, 3.05) is 0 Å². The van der Waals surface area contributed by atoms with Crippen LogP contribution >= 0.6 is 0 Å². The second kappa shape index (κ2) is 13.1. The van der Waals surface area contributed by atoms with Crippen LogP contribution in [0.1, 0.15) is 0 Å². The Kier molecular flexibility index (Phi) is 25.7. The van der Waals surface area contributed by atoms with Gasteiger partial charge in [0.1, 0.15) is 0 Å². The van der Waals surface area contributed by atoms with Crippen molar-refractivity contribution in [1.29, 1.82) is 0 Å². The fraction of sp³-hybridized carbons (Fsp3) is 0. The van der Waals surface area contributed by atoms with E-state index in [1.54, 1.807) is 0 Å². The molecule has 16 heavy (non-hydrogen) atoms. The van der Waals surface area contributed by atoms with Crippen LogP contribution in [0.3, 0.4) is 0 Å². The van der Waals surface area contributed by atoms with Crippen LogP contribution in [0, 0.1) is 0 Å². The van der Waals surface area contributed by atoms with Crippen LogP contribution < -0.4 is 0 Å². The van der Waals surface area contributed by atoms with Crippen molar-refractivity contribution in [1.82, 2.24) is 0 Å². The van der Waals surface area contributed by atoms with E-state index in [0.717, 1.165) is 0 Å². The van der Waals surface area contributed by atoms with E-state index in [-0.39, 0.29) is 118 Å². The summed E-state index contributed by atoms with van der Waals surface area (Å²) in [5, 5.41) is 0. The van der Waals surface area contributed by atoms with Gasteiger partial charge < -0.3 is 0 Å². The Bertz CT molecular complexity index is 332. The summed E-state index contributed by atoms with van der Waals surface area (Å²) in [7, 11) is -10.3. The third-order valence-corrected chi connectivity index (χ3v) is 1.04. The summed E-state index contributed by atoms with van der Waals surface area (Å²) in [5.41, 5.74) is 0. The average Bonchev–Trinajstić information content (AvgIpc) is 1.49. The Morgan fingerprint density at radius 1 is 0.750 bits per heavy atom. The zero-order chi connectivity index (χ0) is 9.99. The van der Waals surface area contributed by atoms with Gasteiger partial charge in [0, 0.05) is 0 Å². The molecule has 15 heteroatoms. The molecule has 0 unspecified atom stereocenters. The van der Waals surface area contributed by atoms with Crippen LogP contribution in [0.25, 0.3) is 0 Å². The molecule has 0 aromatic carbocycles. The van der Waals surface area contributed by atoms with E-state index in [4.69, 9.17) is 9.11 Å². The molecule has 0 radical (unpaired) electrons. The van der Waals surface area contributed by atoms with Gasteiger partial charge in [0.25, 0.3) is 0 Å². The van der Waals surface area contributed by atoms with Crippen molar-refractivity contribution in [2.45, 2.75) is 0 Å². The van der Waals surface area contributed by atoms with Crippen LogP contribution in [-0.4, -0.2) is 150 Å². The molecule has 2 N–H and O–H groups in total. The predicted molar refractivity (Wildman–Crippen MR) is 59.3 cm³/mol. The van der Waals surface area contributed by atoms with Gasteiger partial charge in [-0.05, 0) is 0 Å². The van der Waals surface area contributed by atoms with E-state index in [1.807, 2.05) is 0 Å². The van der Waals surface area contributed by atoms with Crippen LogP contribution in [0.4, 0.5) is 4.79 Å². The molecule has 0 aromatic rings. The number of rotatable bonds is 2. The Labute approximate surface area is 180 Å². The van der Waals surface area contributed by atoms with Crippen molar-refractivity contribution in [2.24, 2.45) is 0 Å². The Morgan fingerprint density at radius 2 is 0.938 bits per heavy atom. The van der Waals surface area contributed by atoms with Crippen LogP contribution in [0.15, 0.2) is 0 Å². The van der Waals surface area contributed by atoms with Crippen LogP contribution in [0.2, 0.25) is 0 Å². The van der Waals surface area contributed by atoms with Crippen molar-refractivity contribution >= 4 is 145 Å². The number of hydrogen-bond donors (Lipinski definition) is 2. The van der Waals surface area contributed by atoms with Crippen molar-refractivity contribution in [3.05, 3.63) is 0 Å². The van der Waals surface area contributed by atoms with Crippen molar-refractivity contribution in [3.8, 4) is 0 Å². The third-order valence-electron chi connectivity index (χ3n) is 0.347. The summed E-state index contributed by atoms with van der Waals surface area (Å²) in [6.45, 7) is 0. The van der Waals surface area contributed by atoms with E-state index in [0.29, 0.717) is 0 Å². The van der Waals surface area contributed by atoms with E-state index < -0.39 is 27.0 Å². The molecule has 0 aliphatic rings. The summed E-state index contributed by atoms with van der Waals surface area (Å²) in [6.07, 6.45) is -2.29. The zero-order valence-corrected chi connectivity index (χ0v) is 6.70. The average molecular weight is 318 g/mol. The number of carbonyl (C=O) groups excluding carboxylic acids is 1. The third kappa shape index (κ3) is 25.8. The molecule has 0 aromatic heterocycles. The first-order valence-corrected chi connectivity index (χ1v) is 4.71. The van der Waals surface area contributed by atoms with Gasteiger partial charge in [-0.1, -0.05) is 0 Å². The molecule has 0 amide bonds. The summed E-state index contributed by atoms with van der Waals surface area (Å²) < 4.78 is 60.1. The molecule has 0 atom stereocenters. The van der Waals surface area contributed by atoms with Gasteiger partial charge >= 0.3 is 145 Å². The van der Waals surface area contributed by atoms with Crippen LogP contribution in [-0.2, 0) is 29.2 Å². The molecule has 0 fully saturated rings. The summed E-state index contributed by atoms with van der Waals surface area (Å²) in [6, 6.07) is 0. The molecule has 0 saturated carbocycles. The molecular formula is CH6Na4O9S2. The van der Waals surface area contributed by atoms with E-state index in [2.05, 4.69) is 8.37 Å². The molecular weight excluding hydrogens is 312 g/mol. The fourth-order valence-electron chi connectivity index (χ4n) is 0.186. The molecule has 0 saturated heterocycles. The predicted octanol–water partition coefficient (Wildman–Crippen LogP) is -3.85. The monoisotopic (exact) mass is 318 g/mol. The SMILES string of the molecule is O=C(OS(=O)(=O)O)OS(=O)(=O)O.[NaH].[NaH].[NaH].[NaH]. The van der Waals surface area contributed by atoms with Gasteiger partial charge in [-0.15, -0.1) is 0 Å². The zero-order valence-electron chi connectivity index (χ0n) is 5.07. The topological polar surface area (TPSA) is 144 Å². The molecule has 0 heterocycles. The van der Waals surface area contributed by atoms with E-state index in [1.165, 1.54) is 0 Å². The quantitative estimate of drug-likeness (QED) is 0.386. The first-order chi connectivity index (χ1) is 5.10. The van der Waals surface area contributed by atoms with Gasteiger partial charge in [-0.3, -0.25) is 17.5 Å². The summed E-state index contributed by atoms with van der Waals surface area (Å²) >= 11 is 0. The first kappa shape index (κ1) is 31.5. The first-order valence-electron chi connectivity index (χ1n) is 1.98. The standard InChI is InChI=1S/CH2O9S2.4Na.4H/c2-1(9-11(3,4)5)10-12(6,7)8;;;;;;;;/h(H,3,4,5)(H,6,7,8);;;;;;;;. The number of hydrogen-bond acceptors (Lipinski definition) is 7. The molecule has 80 valence electrons. The van der Waals surface area contributed by atoms with Gasteiger partial charge in [0.2, 0.25) is 0 Å². The summed E-state index contributed by atoms with van der Waals surface area (Å²) in [5.74, 6) is 0. The molecule has 0 spiro atoms. The second-order valence-electron chi connectivity index (χ2n) is 1.27. The van der Waals surface area contributed by atoms with Gasteiger partial charge in [0.05, 0.1) is 0 Å². The Morgan fingerprint density at radius 3 is 1.06 bits per heavy atom. The maximum atomic E-state index is 9.95. The van der Waals surface area contributed by atoms with E-state index in [9.17, 15) is 21.6 Å². The molecule has 9 nitrogen and oxygen atoms in total. The van der Waals surface area contributed by atoms with Gasteiger partial charge in [-0.2, -0.15) is 16.8 Å². The molecule has 0 rings (SSSR count). The van der Waals surface area contributed by atoms with Crippen molar-refractivity contribution < 1.29 is 39.1 Å². The van der Waals surface area contributed by atoms with E-state index >= 15 is 0 Å². The minimum absolute atomic E-state index is 0. The van der Waals surface area contributed by atoms with Gasteiger partial charge in [0.15, 0.2) is 0 Å². The Hall–Kier alpha value is 3.09. The van der Waals surface area contributed by atoms with Gasteiger partial charge in [-0.25, -0.2) is 4.79 Å². The molecule has 0 aliphatic carbocycles. The fourth-order valence-corrected chi connectivity index (χ4v) is 0.641. The summed E-state index contributed by atoms with van der Waals surface area (Å²) in [4.78, 5) is 9.95. The maximum absolute atomic E-state index is 9.95. The second-order valence-corrected chi connectivity index (χ2v) is 3.32. The minimum atomic E-state index is -5.15. The Balaban J connectivity index is -0.000000101. The normalized spacial score (nSPS) is 9.12. The number of carbonyl (C=O) groups is 1. The molecule has 0 bridgehead atoms. The van der Waals surface area contributed by atoms with Crippen LogP contribution in [0.5, 0.6) is 0 Å².